The largest absolute Gasteiger partial charge is 0.264 e. The Hall–Kier alpha value is -6.71. The molecular formula is C54H43N3. The maximum absolute atomic E-state index is 5.27. The zero-order valence-corrected chi connectivity index (χ0v) is 32.9. The van der Waals surface area contributed by atoms with Gasteiger partial charge in [-0.15, -0.1) is 0 Å². The molecule has 0 amide bonds. The van der Waals surface area contributed by atoms with Gasteiger partial charge in [-0.25, -0.2) is 9.97 Å². The molecule has 3 nitrogen and oxygen atoms in total. The summed E-state index contributed by atoms with van der Waals surface area (Å²) >= 11 is 0. The summed E-state index contributed by atoms with van der Waals surface area (Å²) < 4.78 is 0. The minimum absolute atomic E-state index is 0.0708. The van der Waals surface area contributed by atoms with E-state index >= 15 is 0 Å². The van der Waals surface area contributed by atoms with Crippen molar-refractivity contribution in [2.24, 2.45) is 4.99 Å². The molecule has 0 unspecified atom stereocenters. The first kappa shape index (κ1) is 34.8. The van der Waals surface area contributed by atoms with Crippen LogP contribution in [-0.2, 0) is 5.41 Å². The molecule has 0 saturated carbocycles. The molecule has 9 aromatic rings. The van der Waals surface area contributed by atoms with Gasteiger partial charge in [-0.3, -0.25) is 4.99 Å². The van der Waals surface area contributed by atoms with Crippen LogP contribution >= 0.6 is 0 Å². The Morgan fingerprint density at radius 2 is 1.32 bits per heavy atom. The topological polar surface area (TPSA) is 38.1 Å². The minimum atomic E-state index is 0.0708. The van der Waals surface area contributed by atoms with Crippen LogP contribution in [0.5, 0.6) is 0 Å². The molecule has 2 heterocycles. The molecule has 1 aliphatic rings. The molecule has 0 atom stereocenters. The van der Waals surface area contributed by atoms with E-state index in [2.05, 4.69) is 173 Å². The molecule has 0 N–H and O–H groups in total. The van der Waals surface area contributed by atoms with Crippen molar-refractivity contribution in [3.8, 4) is 22.4 Å². The zero-order chi connectivity index (χ0) is 38.8. The number of aliphatic imine (C=N–C) groups is 1. The van der Waals surface area contributed by atoms with E-state index in [1.54, 1.807) is 0 Å². The average molecular weight is 734 g/mol. The van der Waals surface area contributed by atoms with Crippen LogP contribution < -0.4 is 0 Å². The van der Waals surface area contributed by atoms with Crippen molar-refractivity contribution >= 4 is 83.8 Å². The van der Waals surface area contributed by atoms with Crippen molar-refractivity contribution in [3.63, 3.8) is 0 Å². The van der Waals surface area contributed by atoms with Crippen LogP contribution in [-0.4, -0.2) is 16.7 Å². The van der Waals surface area contributed by atoms with Crippen LogP contribution in [0, 0.1) is 0 Å². The Morgan fingerprint density at radius 3 is 2.02 bits per heavy atom. The van der Waals surface area contributed by atoms with Gasteiger partial charge in [0, 0.05) is 21.9 Å². The summed E-state index contributed by atoms with van der Waals surface area (Å²) in [6.45, 7) is 12.7. The second-order valence-corrected chi connectivity index (χ2v) is 16.5. The van der Waals surface area contributed by atoms with Crippen molar-refractivity contribution in [3.05, 3.63) is 168 Å². The lowest BCUT2D eigenvalue weighted by Crippen LogP contribution is -2.10. The predicted octanol–water partition coefficient (Wildman–Crippen LogP) is 14.9. The van der Waals surface area contributed by atoms with Crippen molar-refractivity contribution in [2.75, 3.05) is 0 Å². The lowest BCUT2D eigenvalue weighted by atomic mass is 9.81. The van der Waals surface area contributed by atoms with Gasteiger partial charge < -0.3 is 0 Å². The number of rotatable bonds is 6. The Morgan fingerprint density at radius 1 is 0.667 bits per heavy atom. The van der Waals surface area contributed by atoms with Crippen LogP contribution in [0.4, 0.5) is 5.69 Å². The Kier molecular flexibility index (Phi) is 8.23. The number of para-hydroxylation sites is 1. The van der Waals surface area contributed by atoms with Crippen LogP contribution in [0.25, 0.3) is 93.7 Å². The number of fused-ring (bicyclic) bond motifs is 3. The molecule has 1 aliphatic carbocycles. The summed E-state index contributed by atoms with van der Waals surface area (Å²) in [7, 11) is 0. The molecule has 0 bridgehead atoms. The fourth-order valence-electron chi connectivity index (χ4n) is 8.71. The summed E-state index contributed by atoms with van der Waals surface area (Å²) in [6.07, 6.45) is 11.0. The molecule has 3 heteroatoms. The lowest BCUT2D eigenvalue weighted by molar-refractivity contribution is 0.591. The molecule has 0 fully saturated rings. The molecule has 2 aromatic heterocycles. The van der Waals surface area contributed by atoms with Gasteiger partial charge in [-0.2, -0.15) is 0 Å². The second-order valence-electron chi connectivity index (χ2n) is 16.5. The second kappa shape index (κ2) is 13.5. The molecule has 0 spiro atoms. The van der Waals surface area contributed by atoms with Gasteiger partial charge >= 0.3 is 0 Å². The van der Waals surface area contributed by atoms with Crippen molar-refractivity contribution in [2.45, 2.75) is 46.0 Å². The van der Waals surface area contributed by atoms with Gasteiger partial charge in [0.2, 0.25) is 0 Å². The first-order valence-electron chi connectivity index (χ1n) is 19.9. The van der Waals surface area contributed by atoms with Crippen LogP contribution in [0.3, 0.4) is 0 Å². The van der Waals surface area contributed by atoms with Crippen molar-refractivity contribution in [1.82, 2.24) is 9.97 Å². The molecule has 10 rings (SSSR count). The summed E-state index contributed by atoms with van der Waals surface area (Å²) in [4.78, 5) is 14.7. The monoisotopic (exact) mass is 733 g/mol. The van der Waals surface area contributed by atoms with E-state index in [9.17, 15) is 0 Å². The smallest absolute Gasteiger partial charge is 0.0972 e. The minimum Gasteiger partial charge on any atom is -0.264 e. The Labute approximate surface area is 333 Å². The maximum atomic E-state index is 5.27. The van der Waals surface area contributed by atoms with E-state index in [1.165, 1.54) is 60.1 Å². The summed E-state index contributed by atoms with van der Waals surface area (Å²) in [5, 5.41) is 10.1. The van der Waals surface area contributed by atoms with Crippen LogP contribution in [0.15, 0.2) is 151 Å². The van der Waals surface area contributed by atoms with E-state index in [0.717, 1.165) is 68.4 Å². The molecule has 0 saturated heterocycles. The maximum Gasteiger partial charge on any atom is 0.0972 e. The molecule has 57 heavy (non-hydrogen) atoms. The van der Waals surface area contributed by atoms with Crippen LogP contribution in [0.2, 0.25) is 0 Å². The van der Waals surface area contributed by atoms with E-state index < -0.39 is 0 Å². The third-order valence-corrected chi connectivity index (χ3v) is 11.8. The highest BCUT2D eigenvalue weighted by Crippen LogP contribution is 2.45. The molecule has 7 aromatic carbocycles. The first-order valence-corrected chi connectivity index (χ1v) is 19.9. The van der Waals surface area contributed by atoms with E-state index in [-0.39, 0.29) is 5.41 Å². The Balaban J connectivity index is 1.08. The highest BCUT2D eigenvalue weighted by atomic mass is 14.8. The number of nitrogens with zero attached hydrogens (tertiary/aromatic N) is 3. The predicted molar refractivity (Wildman–Crippen MR) is 246 cm³/mol. The standard InChI is InChI=1S/C54H43N3/c1-33(29-39-13-9-10-14-48(39)55-5)47-27-23-37-19-20-38-24-28-49(57-53(38)52(37)56-47)36-17-15-35(16-18-36)46-32-45(34-11-7-6-8-12-34)43-25-21-40-30-42(54(2,3)4)31-41-22-26-44(46)51(43)50(40)41/h6-7,9-11,13-32H,5,8,12H2,1-4H3/b33-29+. The fourth-order valence-corrected chi connectivity index (χ4v) is 8.71. The van der Waals surface area contributed by atoms with E-state index in [4.69, 9.17) is 9.97 Å². The third-order valence-electron chi connectivity index (χ3n) is 11.8. The number of hydrogen-bond acceptors (Lipinski definition) is 3. The lowest BCUT2D eigenvalue weighted by Gasteiger charge is -2.23. The number of aromatic nitrogens is 2. The first-order chi connectivity index (χ1) is 27.7. The number of hydrogen-bond donors (Lipinski definition) is 0. The van der Waals surface area contributed by atoms with Gasteiger partial charge in [0.05, 0.1) is 28.1 Å². The van der Waals surface area contributed by atoms with Gasteiger partial charge in [-0.1, -0.05) is 142 Å². The van der Waals surface area contributed by atoms with E-state index in [1.807, 2.05) is 18.2 Å². The molecular weight excluding hydrogens is 691 g/mol. The third kappa shape index (κ3) is 6.02. The highest BCUT2D eigenvalue weighted by Gasteiger charge is 2.21. The normalized spacial score (nSPS) is 13.7. The fraction of sp³-hybridized carbons (Fsp3) is 0.130. The molecule has 274 valence electrons. The van der Waals surface area contributed by atoms with E-state index in [0.29, 0.717) is 0 Å². The highest BCUT2D eigenvalue weighted by molar-refractivity contribution is 6.27. The van der Waals surface area contributed by atoms with Gasteiger partial charge in [0.25, 0.3) is 0 Å². The zero-order valence-electron chi connectivity index (χ0n) is 32.9. The Bertz CT molecular complexity index is 3150. The number of benzene rings is 7. The quantitative estimate of drug-likeness (QED) is 0.126. The van der Waals surface area contributed by atoms with Gasteiger partial charge in [0.15, 0.2) is 0 Å². The molecule has 0 aliphatic heterocycles. The SMILES string of the molecule is C=Nc1ccccc1/C=C(\C)c1ccc2ccc3ccc(-c4ccc(-c5cc(C6=CC=CCC6)c6ccc7cc(C(C)(C)C)cc8ccc5c6c78)cc4)nc3c2n1. The van der Waals surface area contributed by atoms with Crippen molar-refractivity contribution < 1.29 is 0 Å². The average Bonchev–Trinajstić information content (AvgIpc) is 3.25. The van der Waals surface area contributed by atoms with Gasteiger partial charge in [-0.05, 0) is 128 Å². The number of allylic oxidation sites excluding steroid dienone is 5. The summed E-state index contributed by atoms with van der Waals surface area (Å²) in [5.41, 5.74) is 14.3. The molecule has 0 radical (unpaired) electrons. The van der Waals surface area contributed by atoms with Crippen molar-refractivity contribution in [1.29, 1.82) is 0 Å². The van der Waals surface area contributed by atoms with Gasteiger partial charge in [0.1, 0.15) is 0 Å². The summed E-state index contributed by atoms with van der Waals surface area (Å²) in [6, 6.07) is 46.4. The number of pyridine rings is 2. The van der Waals surface area contributed by atoms with Crippen LogP contribution in [0.1, 0.15) is 62.9 Å². The summed E-state index contributed by atoms with van der Waals surface area (Å²) in [5.74, 6) is 0.